The third-order valence-corrected chi connectivity index (χ3v) is 8.32. The van der Waals surface area contributed by atoms with Crippen LogP contribution in [-0.2, 0) is 20.7 Å². The Balaban J connectivity index is 1.52. The lowest BCUT2D eigenvalue weighted by Crippen LogP contribution is -2.36. The number of methoxy groups -OCH3 is 1. The number of dihydropyridines is 1. The number of halogens is 2. The van der Waals surface area contributed by atoms with Crippen LogP contribution in [0.15, 0.2) is 93.7 Å². The first-order valence-corrected chi connectivity index (χ1v) is 14.2. The van der Waals surface area contributed by atoms with Gasteiger partial charge >= 0.3 is 5.97 Å². The first-order valence-electron chi connectivity index (χ1n) is 13.0. The summed E-state index contributed by atoms with van der Waals surface area (Å²) in [5.74, 6) is -1.08. The van der Waals surface area contributed by atoms with Crippen LogP contribution in [0.5, 0.6) is 11.5 Å². The summed E-state index contributed by atoms with van der Waals surface area (Å²) < 4.78 is 11.6. The lowest BCUT2D eigenvalue weighted by atomic mass is 9.71. The molecule has 0 aromatic heterocycles. The van der Waals surface area contributed by atoms with E-state index in [1.807, 2.05) is 61.5 Å². The van der Waals surface area contributed by atoms with Crippen LogP contribution in [0, 0.1) is 0 Å². The van der Waals surface area contributed by atoms with Crippen molar-refractivity contribution in [3.05, 3.63) is 115 Å². The van der Waals surface area contributed by atoms with Crippen LogP contribution in [0.4, 0.5) is 0 Å². The average molecular weight is 623 g/mol. The smallest absolute Gasteiger partial charge is 0.336 e. The van der Waals surface area contributed by atoms with Gasteiger partial charge in [0, 0.05) is 40.7 Å². The number of aromatic hydroxyl groups is 1. The molecule has 0 radical (unpaired) electrons. The molecule has 5 rings (SSSR count). The highest BCUT2D eigenvalue weighted by Crippen LogP contribution is 2.48. The molecule has 1 heterocycles. The van der Waals surface area contributed by atoms with Crippen molar-refractivity contribution < 1.29 is 24.2 Å². The van der Waals surface area contributed by atoms with Crippen LogP contribution >= 0.6 is 27.5 Å². The molecule has 3 aromatic rings. The fourth-order valence-electron chi connectivity index (χ4n) is 5.51. The number of benzene rings is 3. The van der Waals surface area contributed by atoms with Gasteiger partial charge in [0.05, 0.1) is 23.8 Å². The number of phenols is 1. The molecule has 1 aliphatic carbocycles. The Kier molecular flexibility index (Phi) is 8.33. The van der Waals surface area contributed by atoms with E-state index in [0.29, 0.717) is 51.2 Å². The zero-order chi connectivity index (χ0) is 28.4. The van der Waals surface area contributed by atoms with Crippen LogP contribution in [0.3, 0.4) is 0 Å². The Hall–Kier alpha value is -3.55. The molecule has 2 N–H and O–H groups in total. The number of ether oxygens (including phenoxy) is 2. The highest BCUT2D eigenvalue weighted by molar-refractivity contribution is 9.10. The summed E-state index contributed by atoms with van der Waals surface area (Å²) in [6, 6.07) is 20.8. The number of carbonyl (C=O) groups is 2. The monoisotopic (exact) mass is 621 g/mol. The highest BCUT2D eigenvalue weighted by atomic mass is 79.9. The van der Waals surface area contributed by atoms with Crippen molar-refractivity contribution in [2.75, 3.05) is 13.7 Å². The normalized spacial score (nSPS) is 18.8. The van der Waals surface area contributed by atoms with Gasteiger partial charge in [0.15, 0.2) is 17.3 Å². The van der Waals surface area contributed by atoms with Gasteiger partial charge in [0.25, 0.3) is 0 Å². The number of carbonyl (C=O) groups excluding carboxylic acids is 2. The lowest BCUT2D eigenvalue weighted by Gasteiger charge is -2.37. The summed E-state index contributed by atoms with van der Waals surface area (Å²) in [5, 5.41) is 14.5. The number of esters is 1. The zero-order valence-corrected chi connectivity index (χ0v) is 24.5. The van der Waals surface area contributed by atoms with E-state index in [0.717, 1.165) is 16.8 Å². The van der Waals surface area contributed by atoms with Crippen molar-refractivity contribution in [1.29, 1.82) is 0 Å². The number of rotatable bonds is 7. The van der Waals surface area contributed by atoms with E-state index in [1.54, 1.807) is 12.1 Å². The van der Waals surface area contributed by atoms with Crippen LogP contribution in [0.25, 0.3) is 0 Å². The molecule has 2 aliphatic rings. The fourth-order valence-corrected chi connectivity index (χ4v) is 6.10. The maximum Gasteiger partial charge on any atom is 0.336 e. The number of nitrogens with one attached hydrogen (secondary N) is 1. The molecule has 6 nitrogen and oxygen atoms in total. The fraction of sp³-hybridized carbons (Fsp3) is 0.250. The maximum atomic E-state index is 13.9. The van der Waals surface area contributed by atoms with Gasteiger partial charge in [-0.15, -0.1) is 0 Å². The Morgan fingerprint density at radius 3 is 2.50 bits per heavy atom. The molecular weight excluding hydrogens is 594 g/mol. The molecule has 0 saturated heterocycles. The largest absolute Gasteiger partial charge is 0.503 e. The molecule has 206 valence electrons. The summed E-state index contributed by atoms with van der Waals surface area (Å²) >= 11 is 9.49. The molecule has 40 heavy (non-hydrogen) atoms. The maximum absolute atomic E-state index is 13.9. The molecule has 3 aromatic carbocycles. The van der Waals surface area contributed by atoms with Gasteiger partial charge in [-0.05, 0) is 76.1 Å². The van der Waals surface area contributed by atoms with Crippen molar-refractivity contribution in [2.24, 2.45) is 0 Å². The van der Waals surface area contributed by atoms with Gasteiger partial charge in [-0.25, -0.2) is 4.79 Å². The molecule has 0 saturated carbocycles. The van der Waals surface area contributed by atoms with Crippen LogP contribution in [0.2, 0.25) is 5.02 Å². The average Bonchev–Trinajstić information content (AvgIpc) is 2.94. The molecule has 0 unspecified atom stereocenters. The predicted octanol–water partition coefficient (Wildman–Crippen LogP) is 6.96. The van der Waals surface area contributed by atoms with E-state index >= 15 is 0 Å². The minimum Gasteiger partial charge on any atom is -0.503 e. The summed E-state index contributed by atoms with van der Waals surface area (Å²) in [7, 11) is 1.46. The first-order chi connectivity index (χ1) is 19.3. The predicted molar refractivity (Wildman–Crippen MR) is 158 cm³/mol. The molecule has 0 amide bonds. The van der Waals surface area contributed by atoms with E-state index in [4.69, 9.17) is 21.1 Å². The van der Waals surface area contributed by atoms with E-state index in [-0.39, 0.29) is 29.8 Å². The van der Waals surface area contributed by atoms with Crippen molar-refractivity contribution in [3.8, 4) is 11.5 Å². The highest BCUT2D eigenvalue weighted by Gasteiger charge is 2.42. The molecule has 1 aliphatic heterocycles. The summed E-state index contributed by atoms with van der Waals surface area (Å²) in [4.78, 5) is 27.5. The minimum atomic E-state index is -0.690. The van der Waals surface area contributed by atoms with Crippen LogP contribution in [0.1, 0.15) is 48.3 Å². The van der Waals surface area contributed by atoms with Crippen molar-refractivity contribution >= 4 is 39.3 Å². The molecule has 0 spiro atoms. The van der Waals surface area contributed by atoms with Crippen molar-refractivity contribution in [1.82, 2.24) is 5.32 Å². The number of phenolic OH excluding ortho intramolecular Hbond substituents is 1. The Bertz CT molecular complexity index is 1510. The lowest BCUT2D eigenvalue weighted by molar-refractivity contribution is -0.139. The Labute approximate surface area is 246 Å². The van der Waals surface area contributed by atoms with E-state index in [9.17, 15) is 14.7 Å². The summed E-state index contributed by atoms with van der Waals surface area (Å²) in [6.45, 7) is 2.03. The van der Waals surface area contributed by atoms with Gasteiger partial charge in [-0.3, -0.25) is 4.79 Å². The molecule has 8 heteroatoms. The number of ketones is 1. The van der Waals surface area contributed by atoms with Crippen LogP contribution < -0.4 is 10.1 Å². The third-order valence-electron chi connectivity index (χ3n) is 7.46. The molecular formula is C32H29BrClNO5. The van der Waals surface area contributed by atoms with Crippen molar-refractivity contribution in [3.63, 3.8) is 0 Å². The second-order valence-corrected chi connectivity index (χ2v) is 11.3. The van der Waals surface area contributed by atoms with E-state index < -0.39 is 11.9 Å². The molecule has 0 fully saturated rings. The van der Waals surface area contributed by atoms with Crippen LogP contribution in [-0.4, -0.2) is 30.6 Å². The van der Waals surface area contributed by atoms with Gasteiger partial charge in [-0.2, -0.15) is 0 Å². The number of allylic oxidation sites excluding steroid dienone is 3. The second kappa shape index (κ2) is 11.9. The SMILES string of the molecule is COc1cc([C@H]2C(C(=O)OCCc3ccccc3)=C(C)NC3=C2C(=O)C[C@H](c2ccc(Cl)cc2)C3)cc(Br)c1O. The Morgan fingerprint density at radius 2 is 1.80 bits per heavy atom. The first kappa shape index (κ1) is 28.0. The number of hydrogen-bond acceptors (Lipinski definition) is 6. The quantitative estimate of drug-likeness (QED) is 0.277. The topological polar surface area (TPSA) is 84.9 Å². The molecule has 0 bridgehead atoms. The van der Waals surface area contributed by atoms with Gasteiger partial charge < -0.3 is 19.9 Å². The number of hydrogen-bond donors (Lipinski definition) is 2. The third kappa shape index (κ3) is 5.67. The van der Waals surface area contributed by atoms with Gasteiger partial charge in [0.1, 0.15) is 0 Å². The zero-order valence-electron chi connectivity index (χ0n) is 22.2. The summed E-state index contributed by atoms with van der Waals surface area (Å²) in [5.41, 5.74) is 5.04. The van der Waals surface area contributed by atoms with E-state index in [2.05, 4.69) is 21.2 Å². The molecule has 2 atom stereocenters. The van der Waals surface area contributed by atoms with Gasteiger partial charge in [0.2, 0.25) is 0 Å². The Morgan fingerprint density at radius 1 is 1.07 bits per heavy atom. The summed E-state index contributed by atoms with van der Waals surface area (Å²) in [6.07, 6.45) is 1.47. The van der Waals surface area contributed by atoms with Crippen molar-refractivity contribution in [2.45, 2.75) is 38.0 Å². The second-order valence-electron chi connectivity index (χ2n) is 9.99. The van der Waals surface area contributed by atoms with E-state index in [1.165, 1.54) is 7.11 Å². The standard InChI is InChI=1S/C32H29BrClNO5/c1-18-28(32(38)40-13-12-19-6-4-3-5-7-19)29(22-14-24(33)31(37)27(17-22)39-2)30-25(35-18)15-21(16-26(30)36)20-8-10-23(34)11-9-20/h3-11,14,17,21,29,35,37H,12-13,15-16H2,1-2H3/t21-,29+/m1/s1. The number of Topliss-reactive ketones (excluding diaryl/α,β-unsaturated/α-hetero) is 1. The minimum absolute atomic E-state index is 0.0232. The van der Waals surface area contributed by atoms with Gasteiger partial charge in [-0.1, -0.05) is 54.1 Å².